The number of morpholine rings is 1. The zero-order valence-corrected chi connectivity index (χ0v) is 21.6. The number of benzene rings is 1. The molecule has 1 atom stereocenters. The van der Waals surface area contributed by atoms with Crippen LogP contribution in [0.25, 0.3) is 22.7 Å². The van der Waals surface area contributed by atoms with Gasteiger partial charge in [-0.3, -0.25) is 14.5 Å². The van der Waals surface area contributed by atoms with Crippen LogP contribution in [0.5, 0.6) is 0 Å². The van der Waals surface area contributed by atoms with E-state index in [2.05, 4.69) is 30.2 Å². The van der Waals surface area contributed by atoms with E-state index in [-0.39, 0.29) is 11.6 Å². The Balaban J connectivity index is 0.000000292. The molecule has 198 valence electrons. The molecule has 5 aromatic rings. The fraction of sp³-hybridized carbons (Fsp3) is 0.185. The van der Waals surface area contributed by atoms with E-state index in [0.29, 0.717) is 30.5 Å². The molecule has 0 saturated carbocycles. The summed E-state index contributed by atoms with van der Waals surface area (Å²) in [7, 11) is 1.96. The van der Waals surface area contributed by atoms with Crippen LogP contribution < -0.4 is 4.90 Å². The van der Waals surface area contributed by atoms with Gasteiger partial charge in [0.25, 0.3) is 0 Å². The number of carboxylic acid groups (broad SMARTS) is 1. The van der Waals surface area contributed by atoms with Crippen molar-refractivity contribution >= 4 is 23.5 Å². The van der Waals surface area contributed by atoms with Gasteiger partial charge in [0.1, 0.15) is 11.7 Å². The number of rotatable bonds is 5. The van der Waals surface area contributed by atoms with Crippen molar-refractivity contribution in [1.29, 1.82) is 0 Å². The lowest BCUT2D eigenvalue weighted by molar-refractivity contribution is 0.0696. The van der Waals surface area contributed by atoms with Gasteiger partial charge in [0.15, 0.2) is 11.6 Å². The molecular weight excluding hydrogens is 522 g/mol. The van der Waals surface area contributed by atoms with E-state index in [1.807, 2.05) is 54.1 Å². The van der Waals surface area contributed by atoms with Crippen molar-refractivity contribution in [2.24, 2.45) is 7.05 Å². The predicted octanol–water partition coefficient (Wildman–Crippen LogP) is 4.54. The molecule has 1 fully saturated rings. The lowest BCUT2D eigenvalue weighted by Gasteiger charge is -2.34. The van der Waals surface area contributed by atoms with Gasteiger partial charge in [-0.1, -0.05) is 28.9 Å². The molecule has 0 spiro atoms. The number of pyridine rings is 2. The molecule has 11 nitrogen and oxygen atoms in total. The smallest absolute Gasteiger partial charge is 0.335 e. The maximum atomic E-state index is 10.2. The Morgan fingerprint density at radius 1 is 1.00 bits per heavy atom. The van der Waals surface area contributed by atoms with Gasteiger partial charge < -0.3 is 19.3 Å². The summed E-state index contributed by atoms with van der Waals surface area (Å²) >= 11 is 6.11. The fourth-order valence-corrected chi connectivity index (χ4v) is 4.32. The number of hydrogen-bond acceptors (Lipinski definition) is 9. The maximum absolute atomic E-state index is 10.2. The normalized spacial score (nSPS) is 14.9. The molecule has 1 aromatic carbocycles. The summed E-state index contributed by atoms with van der Waals surface area (Å²) in [6.45, 7) is 1.76. The molecule has 0 aliphatic carbocycles. The van der Waals surface area contributed by atoms with Gasteiger partial charge in [0.05, 0.1) is 18.8 Å². The van der Waals surface area contributed by atoms with Crippen molar-refractivity contribution in [3.8, 4) is 22.7 Å². The minimum atomic E-state index is -0.919. The van der Waals surface area contributed by atoms with E-state index in [1.165, 1.54) is 24.5 Å². The van der Waals surface area contributed by atoms with E-state index in [4.69, 9.17) is 26.0 Å². The van der Waals surface area contributed by atoms with Crippen LogP contribution in [0, 0.1) is 0 Å². The molecular formula is C27H24ClN7O4. The number of anilines is 1. The lowest BCUT2D eigenvalue weighted by Crippen LogP contribution is -2.41. The summed E-state index contributed by atoms with van der Waals surface area (Å²) in [6, 6.07) is 16.0. The van der Waals surface area contributed by atoms with Gasteiger partial charge >= 0.3 is 5.97 Å². The third-order valence-corrected chi connectivity index (χ3v) is 6.32. The molecule has 12 heteroatoms. The van der Waals surface area contributed by atoms with Crippen molar-refractivity contribution < 1.29 is 19.2 Å². The van der Waals surface area contributed by atoms with E-state index in [0.717, 1.165) is 28.6 Å². The first-order valence-corrected chi connectivity index (χ1v) is 12.4. The van der Waals surface area contributed by atoms with Gasteiger partial charge in [-0.05, 0) is 36.4 Å². The molecule has 1 N–H and O–H groups in total. The highest BCUT2D eigenvalue weighted by Crippen LogP contribution is 2.32. The average Bonchev–Trinajstić information content (AvgIpc) is 3.62. The van der Waals surface area contributed by atoms with E-state index in [1.54, 1.807) is 12.4 Å². The van der Waals surface area contributed by atoms with Crippen molar-refractivity contribution in [1.82, 2.24) is 29.9 Å². The molecule has 0 amide bonds. The largest absolute Gasteiger partial charge is 0.478 e. The van der Waals surface area contributed by atoms with Crippen molar-refractivity contribution in [2.45, 2.75) is 6.04 Å². The first-order chi connectivity index (χ1) is 19.0. The number of hydrogen-bond donors (Lipinski definition) is 1. The Hall–Kier alpha value is -4.61. The maximum Gasteiger partial charge on any atom is 0.335 e. The third-order valence-electron chi connectivity index (χ3n) is 6.08. The molecule has 1 saturated heterocycles. The topological polar surface area (TPSA) is 132 Å². The fourth-order valence-electron chi connectivity index (χ4n) is 4.13. The van der Waals surface area contributed by atoms with Crippen LogP contribution in [0.2, 0.25) is 5.02 Å². The Labute approximate surface area is 228 Å². The van der Waals surface area contributed by atoms with Crippen LogP contribution in [-0.4, -0.2) is 60.7 Å². The molecule has 5 heterocycles. The van der Waals surface area contributed by atoms with Gasteiger partial charge in [-0.25, -0.2) is 4.79 Å². The average molecular weight is 546 g/mol. The Bertz CT molecular complexity index is 1540. The minimum Gasteiger partial charge on any atom is -0.478 e. The summed E-state index contributed by atoms with van der Waals surface area (Å²) < 4.78 is 13.3. The standard InChI is InChI=1S/C21H19ClN6O2.C6H5NO2/c1-27-20(14-5-7-23-8-6-14)24-25-21(27)28-9-10-29-13-18(28)17-12-19(30-26-17)15-3-2-4-16(22)11-15;8-6(9)5-1-3-7-4-2-5/h2-8,11-12,18H,9-10,13H2,1H3;1-4H,(H,8,9). The molecule has 0 radical (unpaired) electrons. The molecule has 39 heavy (non-hydrogen) atoms. The highest BCUT2D eigenvalue weighted by molar-refractivity contribution is 6.30. The van der Waals surface area contributed by atoms with Gasteiger partial charge in [-0.15, -0.1) is 10.2 Å². The van der Waals surface area contributed by atoms with Gasteiger partial charge in [0, 0.05) is 60.6 Å². The van der Waals surface area contributed by atoms with Crippen LogP contribution in [0.1, 0.15) is 22.1 Å². The van der Waals surface area contributed by atoms with Crippen LogP contribution >= 0.6 is 11.6 Å². The van der Waals surface area contributed by atoms with E-state index in [9.17, 15) is 4.79 Å². The van der Waals surface area contributed by atoms with Gasteiger partial charge in [0.2, 0.25) is 5.95 Å². The first kappa shape index (κ1) is 26.0. The predicted molar refractivity (Wildman–Crippen MR) is 143 cm³/mol. The summed E-state index contributed by atoms with van der Waals surface area (Å²) in [4.78, 5) is 20.1. The molecule has 1 unspecified atom stereocenters. The van der Waals surface area contributed by atoms with Crippen molar-refractivity contribution in [3.05, 3.63) is 95.7 Å². The van der Waals surface area contributed by atoms with E-state index < -0.39 is 5.97 Å². The van der Waals surface area contributed by atoms with Crippen LogP contribution in [0.15, 0.2) is 83.9 Å². The highest BCUT2D eigenvalue weighted by atomic mass is 35.5. The van der Waals surface area contributed by atoms with Crippen LogP contribution in [0.3, 0.4) is 0 Å². The number of carboxylic acids is 1. The number of aromatic carboxylic acids is 1. The molecule has 1 aliphatic heterocycles. The number of ether oxygens (including phenoxy) is 1. The minimum absolute atomic E-state index is 0.136. The lowest BCUT2D eigenvalue weighted by atomic mass is 10.1. The zero-order valence-electron chi connectivity index (χ0n) is 20.9. The zero-order chi connectivity index (χ0) is 27.2. The number of halogens is 1. The van der Waals surface area contributed by atoms with Crippen LogP contribution in [-0.2, 0) is 11.8 Å². The van der Waals surface area contributed by atoms with Crippen molar-refractivity contribution in [2.75, 3.05) is 24.7 Å². The second kappa shape index (κ2) is 11.8. The number of carbonyl (C=O) groups is 1. The highest BCUT2D eigenvalue weighted by Gasteiger charge is 2.31. The SMILES string of the molecule is Cn1c(-c2ccncc2)nnc1N1CCOCC1c1cc(-c2cccc(Cl)c2)on1.O=C(O)c1ccncc1. The second-order valence-electron chi connectivity index (χ2n) is 8.57. The molecule has 1 aliphatic rings. The molecule has 6 rings (SSSR count). The first-order valence-electron chi connectivity index (χ1n) is 12.0. The number of nitrogens with zero attached hydrogens (tertiary/aromatic N) is 7. The second-order valence-corrected chi connectivity index (χ2v) is 9.01. The number of aromatic nitrogens is 6. The van der Waals surface area contributed by atoms with Crippen molar-refractivity contribution in [3.63, 3.8) is 0 Å². The Kier molecular flexibility index (Phi) is 7.90. The Morgan fingerprint density at radius 2 is 1.74 bits per heavy atom. The van der Waals surface area contributed by atoms with Gasteiger partial charge in [-0.2, -0.15) is 0 Å². The Morgan fingerprint density at radius 3 is 2.44 bits per heavy atom. The van der Waals surface area contributed by atoms with E-state index >= 15 is 0 Å². The summed E-state index contributed by atoms with van der Waals surface area (Å²) in [6.07, 6.45) is 6.38. The summed E-state index contributed by atoms with van der Waals surface area (Å²) in [5, 5.41) is 22.2. The summed E-state index contributed by atoms with van der Waals surface area (Å²) in [5.41, 5.74) is 2.88. The quantitative estimate of drug-likeness (QED) is 0.335. The monoisotopic (exact) mass is 545 g/mol. The molecule has 4 aromatic heterocycles. The molecule has 0 bridgehead atoms. The van der Waals surface area contributed by atoms with Crippen LogP contribution in [0.4, 0.5) is 5.95 Å². The third kappa shape index (κ3) is 5.95. The summed E-state index contributed by atoms with van der Waals surface area (Å²) in [5.74, 6) is 1.27.